The molecule has 25 heavy (non-hydrogen) atoms. The molecule has 2 amide bonds. The molecular weight excluding hydrogens is 322 g/mol. The molecule has 0 saturated carbocycles. The van der Waals surface area contributed by atoms with E-state index >= 15 is 0 Å². The van der Waals surface area contributed by atoms with Crippen molar-refractivity contribution in [2.45, 2.75) is 18.4 Å². The van der Waals surface area contributed by atoms with Crippen molar-refractivity contribution >= 4 is 17.7 Å². The molecule has 1 aromatic carbocycles. The normalized spacial score (nSPS) is 26.4. The number of hydrogen-bond donors (Lipinski definition) is 0. The fourth-order valence-electron chi connectivity index (χ4n) is 4.04. The number of anilines is 1. The van der Waals surface area contributed by atoms with Crippen LogP contribution in [0.2, 0.25) is 0 Å². The van der Waals surface area contributed by atoms with E-state index in [-0.39, 0.29) is 12.0 Å². The van der Waals surface area contributed by atoms with Gasteiger partial charge in [-0.15, -0.1) is 0 Å². The maximum Gasteiger partial charge on any atom is 0.410 e. The maximum atomic E-state index is 12.9. The number of likely N-dealkylation sites (N-methyl/N-ethyl adjacent to an activating group) is 1. The van der Waals surface area contributed by atoms with Crippen molar-refractivity contribution in [2.75, 3.05) is 51.3 Å². The third-order valence-electron chi connectivity index (χ3n) is 5.15. The average Bonchev–Trinajstić information content (AvgIpc) is 2.87. The minimum Gasteiger partial charge on any atom is -0.490 e. The van der Waals surface area contributed by atoms with Crippen molar-refractivity contribution in [3.05, 3.63) is 24.3 Å². The zero-order valence-electron chi connectivity index (χ0n) is 14.4. The number of piperidine rings is 1. The highest BCUT2D eigenvalue weighted by molar-refractivity contribution is 5.96. The summed E-state index contributed by atoms with van der Waals surface area (Å²) >= 11 is 0. The fraction of sp³-hybridized carbons (Fsp3) is 0.556. The molecule has 2 fully saturated rings. The topological polar surface area (TPSA) is 62.3 Å². The smallest absolute Gasteiger partial charge is 0.410 e. The minimum atomic E-state index is -0.465. The number of likely N-dealkylation sites (tertiary alicyclic amines) is 1. The molecule has 1 aromatic rings. The Hall–Kier alpha value is -2.28. The van der Waals surface area contributed by atoms with E-state index in [0.717, 1.165) is 30.8 Å². The van der Waals surface area contributed by atoms with E-state index in [4.69, 9.17) is 9.47 Å². The summed E-state index contributed by atoms with van der Waals surface area (Å²) in [5.41, 5.74) is 0.366. The van der Waals surface area contributed by atoms with Crippen LogP contribution in [0.1, 0.15) is 12.8 Å². The zero-order chi connectivity index (χ0) is 17.4. The Morgan fingerprint density at radius 1 is 1.24 bits per heavy atom. The van der Waals surface area contributed by atoms with Crippen LogP contribution >= 0.6 is 0 Å². The van der Waals surface area contributed by atoms with Crippen molar-refractivity contribution in [3.63, 3.8) is 0 Å². The average molecular weight is 345 g/mol. The number of carbonyl (C=O) groups is 2. The predicted octanol–water partition coefficient (Wildman–Crippen LogP) is 1.33. The summed E-state index contributed by atoms with van der Waals surface area (Å²) in [6, 6.07) is 7.62. The van der Waals surface area contributed by atoms with Crippen LogP contribution in [0, 0.1) is 0 Å². The monoisotopic (exact) mass is 345 g/mol. The molecule has 0 aliphatic carbocycles. The number of rotatable bonds is 2. The number of benzene rings is 1. The van der Waals surface area contributed by atoms with E-state index < -0.39 is 5.60 Å². The quantitative estimate of drug-likeness (QED) is 0.809. The molecule has 4 rings (SSSR count). The summed E-state index contributed by atoms with van der Waals surface area (Å²) in [4.78, 5) is 30.1. The zero-order valence-corrected chi connectivity index (χ0v) is 14.4. The molecule has 0 aromatic heterocycles. The third-order valence-corrected chi connectivity index (χ3v) is 5.15. The van der Waals surface area contributed by atoms with Crippen molar-refractivity contribution in [3.8, 4) is 5.75 Å². The van der Waals surface area contributed by atoms with Crippen molar-refractivity contribution in [1.82, 2.24) is 9.80 Å². The molecule has 3 heterocycles. The third kappa shape index (κ3) is 3.04. The Morgan fingerprint density at radius 3 is 2.88 bits per heavy atom. The summed E-state index contributed by atoms with van der Waals surface area (Å²) in [7, 11) is 1.76. The Morgan fingerprint density at radius 2 is 2.08 bits per heavy atom. The first kappa shape index (κ1) is 16.2. The highest BCUT2D eigenvalue weighted by Gasteiger charge is 2.46. The minimum absolute atomic E-state index is 0.0606. The molecule has 1 atom stereocenters. The van der Waals surface area contributed by atoms with Gasteiger partial charge < -0.3 is 19.3 Å². The summed E-state index contributed by atoms with van der Waals surface area (Å²) < 4.78 is 11.2. The number of ether oxygens (including phenoxy) is 2. The van der Waals surface area contributed by atoms with Crippen molar-refractivity contribution < 1.29 is 19.1 Å². The summed E-state index contributed by atoms with van der Waals surface area (Å²) in [5.74, 6) is 0.814. The number of amides is 2. The van der Waals surface area contributed by atoms with E-state index in [0.29, 0.717) is 32.8 Å². The Labute approximate surface area is 147 Å². The first-order valence-corrected chi connectivity index (χ1v) is 8.75. The van der Waals surface area contributed by atoms with Gasteiger partial charge >= 0.3 is 6.09 Å². The molecule has 0 unspecified atom stereocenters. The Bertz CT molecular complexity index is 695. The number of para-hydroxylation sites is 2. The van der Waals surface area contributed by atoms with Crippen LogP contribution in [-0.2, 0) is 9.53 Å². The summed E-state index contributed by atoms with van der Waals surface area (Å²) in [6.07, 6.45) is 1.51. The van der Waals surface area contributed by atoms with Crippen molar-refractivity contribution in [2.24, 2.45) is 0 Å². The molecule has 0 radical (unpaired) electrons. The Kier molecular flexibility index (Phi) is 4.03. The van der Waals surface area contributed by atoms with Crippen LogP contribution in [0.5, 0.6) is 5.75 Å². The fourth-order valence-corrected chi connectivity index (χ4v) is 4.04. The highest BCUT2D eigenvalue weighted by Crippen LogP contribution is 2.33. The number of nitrogens with zero attached hydrogens (tertiary/aromatic N) is 3. The molecule has 2 saturated heterocycles. The van der Waals surface area contributed by atoms with Crippen LogP contribution in [-0.4, -0.2) is 73.8 Å². The number of carbonyl (C=O) groups excluding carboxylic acids is 2. The number of hydrogen-bond acceptors (Lipinski definition) is 5. The van der Waals surface area contributed by atoms with Gasteiger partial charge in [-0.25, -0.2) is 4.79 Å². The van der Waals surface area contributed by atoms with E-state index in [2.05, 4.69) is 4.90 Å². The van der Waals surface area contributed by atoms with Crippen LogP contribution in [0.25, 0.3) is 0 Å². The van der Waals surface area contributed by atoms with E-state index in [9.17, 15) is 9.59 Å². The van der Waals surface area contributed by atoms with Gasteiger partial charge in [-0.2, -0.15) is 0 Å². The maximum absolute atomic E-state index is 12.9. The molecule has 7 heteroatoms. The summed E-state index contributed by atoms with van der Waals surface area (Å²) in [6.45, 7) is 3.46. The molecule has 7 nitrogen and oxygen atoms in total. The number of fused-ring (bicyclic) bond motifs is 1. The molecule has 0 bridgehead atoms. The van der Waals surface area contributed by atoms with Gasteiger partial charge in [0.05, 0.1) is 25.3 Å². The first-order valence-electron chi connectivity index (χ1n) is 8.75. The van der Waals surface area contributed by atoms with Gasteiger partial charge in [0.1, 0.15) is 18.0 Å². The van der Waals surface area contributed by atoms with Gasteiger partial charge in [-0.3, -0.25) is 9.69 Å². The van der Waals surface area contributed by atoms with Gasteiger partial charge in [-0.05, 0) is 31.5 Å². The molecule has 0 N–H and O–H groups in total. The molecule has 3 aliphatic rings. The SMILES string of the molecule is CN1C[C@]2(CCCN(CC(=O)N3CCOc4ccccc43)C2)OC1=O. The molecular formula is C18H23N3O4. The second-order valence-electron chi connectivity index (χ2n) is 7.08. The Balaban J connectivity index is 1.44. The van der Waals surface area contributed by atoms with Gasteiger partial charge in [0.2, 0.25) is 5.91 Å². The second kappa shape index (κ2) is 6.22. The van der Waals surface area contributed by atoms with E-state index in [1.165, 1.54) is 0 Å². The molecule has 3 aliphatic heterocycles. The van der Waals surface area contributed by atoms with Crippen LogP contribution < -0.4 is 9.64 Å². The van der Waals surface area contributed by atoms with Gasteiger partial charge in [0.15, 0.2) is 0 Å². The summed E-state index contributed by atoms with van der Waals surface area (Å²) in [5, 5.41) is 0. The van der Waals surface area contributed by atoms with E-state index in [1.54, 1.807) is 16.8 Å². The first-order chi connectivity index (χ1) is 12.1. The lowest BCUT2D eigenvalue weighted by molar-refractivity contribution is -0.121. The largest absolute Gasteiger partial charge is 0.490 e. The lowest BCUT2D eigenvalue weighted by Gasteiger charge is -2.39. The van der Waals surface area contributed by atoms with Crippen molar-refractivity contribution in [1.29, 1.82) is 0 Å². The lowest BCUT2D eigenvalue weighted by atomic mass is 9.93. The molecule has 134 valence electrons. The highest BCUT2D eigenvalue weighted by atomic mass is 16.6. The lowest BCUT2D eigenvalue weighted by Crippen LogP contribution is -2.53. The van der Waals surface area contributed by atoms with E-state index in [1.807, 2.05) is 24.3 Å². The predicted molar refractivity (Wildman–Crippen MR) is 91.8 cm³/mol. The van der Waals surface area contributed by atoms with Crippen LogP contribution in [0.15, 0.2) is 24.3 Å². The van der Waals surface area contributed by atoms with Crippen LogP contribution in [0.4, 0.5) is 10.5 Å². The van der Waals surface area contributed by atoms with Gasteiger partial charge in [-0.1, -0.05) is 12.1 Å². The van der Waals surface area contributed by atoms with Gasteiger partial charge in [0, 0.05) is 13.6 Å². The van der Waals surface area contributed by atoms with Crippen LogP contribution in [0.3, 0.4) is 0 Å². The second-order valence-corrected chi connectivity index (χ2v) is 7.08. The molecule has 1 spiro atoms. The van der Waals surface area contributed by atoms with Gasteiger partial charge in [0.25, 0.3) is 0 Å². The standard InChI is InChI=1S/C18H23N3O4/c1-19-12-18(25-17(19)23)7-4-8-20(13-18)11-16(22)21-9-10-24-15-6-3-2-5-14(15)21/h2-3,5-6H,4,7-13H2,1H3/t18-/m0/s1.